The standard InChI is InChI=1S/C6H8N2/c1-5-4-8(3)6(2)7-5/h1,4H,2-3H3. The van der Waals surface area contributed by atoms with E-state index in [0.29, 0.717) is 5.69 Å². The molecule has 1 heterocycles. The van der Waals surface area contributed by atoms with Crippen LogP contribution in [0.25, 0.3) is 0 Å². The fraction of sp³-hybridized carbons (Fsp3) is 0.333. The Kier molecular flexibility index (Phi) is 1.08. The summed E-state index contributed by atoms with van der Waals surface area (Å²) in [5, 5.41) is 0. The monoisotopic (exact) mass is 108 g/mol. The highest BCUT2D eigenvalue weighted by Crippen LogP contribution is 1.95. The van der Waals surface area contributed by atoms with Crippen LogP contribution >= 0.6 is 0 Å². The molecule has 0 unspecified atom stereocenters. The lowest BCUT2D eigenvalue weighted by Crippen LogP contribution is -1.86. The van der Waals surface area contributed by atoms with Gasteiger partial charge in [0.05, 0.1) is 5.69 Å². The molecule has 0 bridgehead atoms. The zero-order valence-corrected chi connectivity index (χ0v) is 5.05. The molecule has 0 saturated heterocycles. The maximum atomic E-state index is 5.35. The van der Waals surface area contributed by atoms with Crippen LogP contribution in [0.3, 0.4) is 0 Å². The molecule has 1 rings (SSSR count). The number of imidazole rings is 1. The predicted octanol–water partition coefficient (Wildman–Crippen LogP) is 0.788. The average Bonchev–Trinajstić information content (AvgIpc) is 1.85. The SMILES string of the molecule is [CH]c1cn(C)c(C)n1. The van der Waals surface area contributed by atoms with Crippen LogP contribution in [0.1, 0.15) is 11.5 Å². The van der Waals surface area contributed by atoms with E-state index in [-0.39, 0.29) is 0 Å². The highest BCUT2D eigenvalue weighted by molar-refractivity contribution is 5.04. The third-order valence-corrected chi connectivity index (χ3v) is 1.13. The summed E-state index contributed by atoms with van der Waals surface area (Å²) in [7, 11) is 1.92. The second-order valence-corrected chi connectivity index (χ2v) is 1.82. The van der Waals surface area contributed by atoms with E-state index in [1.165, 1.54) is 0 Å². The lowest BCUT2D eigenvalue weighted by atomic mass is 10.6. The Bertz CT molecular complexity index is 169. The number of rotatable bonds is 0. The lowest BCUT2D eigenvalue weighted by molar-refractivity contribution is 0.858. The molecular weight excluding hydrogens is 100 g/mol. The Morgan fingerprint density at radius 2 is 2.38 bits per heavy atom. The Labute approximate surface area is 49.2 Å². The van der Waals surface area contributed by atoms with E-state index in [4.69, 9.17) is 6.92 Å². The minimum Gasteiger partial charge on any atom is -0.338 e. The van der Waals surface area contributed by atoms with Crippen molar-refractivity contribution in [2.45, 2.75) is 6.92 Å². The van der Waals surface area contributed by atoms with Gasteiger partial charge >= 0.3 is 0 Å². The fourth-order valence-electron chi connectivity index (χ4n) is 0.586. The number of aromatic nitrogens is 2. The quantitative estimate of drug-likeness (QED) is 0.480. The normalized spacial score (nSPS) is 9.88. The molecule has 0 aliphatic heterocycles. The molecule has 42 valence electrons. The maximum Gasteiger partial charge on any atom is 0.105 e. The van der Waals surface area contributed by atoms with Gasteiger partial charge in [-0.25, -0.2) is 4.98 Å². The molecule has 0 spiro atoms. The first-order chi connectivity index (χ1) is 3.70. The first kappa shape index (κ1) is 5.35. The van der Waals surface area contributed by atoms with Crippen molar-refractivity contribution in [1.82, 2.24) is 9.55 Å². The zero-order valence-electron chi connectivity index (χ0n) is 5.05. The van der Waals surface area contributed by atoms with Gasteiger partial charge in [-0.05, 0) is 6.92 Å². The molecule has 0 aliphatic carbocycles. The van der Waals surface area contributed by atoms with E-state index in [2.05, 4.69) is 4.98 Å². The molecule has 2 heteroatoms. The number of aryl methyl sites for hydroxylation is 2. The van der Waals surface area contributed by atoms with Gasteiger partial charge in [0, 0.05) is 20.2 Å². The fourth-order valence-corrected chi connectivity index (χ4v) is 0.586. The first-order valence-electron chi connectivity index (χ1n) is 2.45. The molecule has 0 N–H and O–H groups in total. The number of nitrogens with zero attached hydrogens (tertiary/aromatic N) is 2. The summed E-state index contributed by atoms with van der Waals surface area (Å²) >= 11 is 0. The van der Waals surface area contributed by atoms with Crippen LogP contribution in [-0.2, 0) is 7.05 Å². The molecular formula is C6H8N2. The molecule has 0 aliphatic rings. The van der Waals surface area contributed by atoms with Gasteiger partial charge in [0.2, 0.25) is 0 Å². The second-order valence-electron chi connectivity index (χ2n) is 1.82. The molecule has 0 saturated carbocycles. The molecule has 8 heavy (non-hydrogen) atoms. The van der Waals surface area contributed by atoms with Crippen LogP contribution in [0, 0.1) is 13.8 Å². The van der Waals surface area contributed by atoms with Crippen molar-refractivity contribution in [3.8, 4) is 0 Å². The van der Waals surface area contributed by atoms with E-state index in [1.807, 2.05) is 18.5 Å². The van der Waals surface area contributed by atoms with Crippen LogP contribution in [0.15, 0.2) is 6.20 Å². The third kappa shape index (κ3) is 0.735. The van der Waals surface area contributed by atoms with Crippen LogP contribution in [-0.4, -0.2) is 9.55 Å². The molecule has 1 aromatic heterocycles. The summed E-state index contributed by atoms with van der Waals surface area (Å²) < 4.78 is 1.88. The van der Waals surface area contributed by atoms with Gasteiger partial charge in [0.15, 0.2) is 0 Å². The maximum absolute atomic E-state index is 5.35. The highest BCUT2D eigenvalue weighted by Gasteiger charge is 1.91. The Morgan fingerprint density at radius 1 is 1.75 bits per heavy atom. The molecule has 2 radical (unpaired) electrons. The Hall–Kier alpha value is -0.790. The van der Waals surface area contributed by atoms with Crippen molar-refractivity contribution in [1.29, 1.82) is 0 Å². The summed E-state index contributed by atoms with van der Waals surface area (Å²) in [4.78, 5) is 3.95. The van der Waals surface area contributed by atoms with Crippen LogP contribution < -0.4 is 0 Å². The van der Waals surface area contributed by atoms with Crippen molar-refractivity contribution >= 4 is 0 Å². The molecule has 0 amide bonds. The topological polar surface area (TPSA) is 17.8 Å². The summed E-state index contributed by atoms with van der Waals surface area (Å²) in [6.07, 6.45) is 1.79. The summed E-state index contributed by atoms with van der Waals surface area (Å²) in [6.45, 7) is 7.26. The van der Waals surface area contributed by atoms with Gasteiger partial charge in [0.1, 0.15) is 5.82 Å². The summed E-state index contributed by atoms with van der Waals surface area (Å²) in [5.74, 6) is 0.947. The lowest BCUT2D eigenvalue weighted by Gasteiger charge is -1.87. The van der Waals surface area contributed by atoms with Gasteiger partial charge in [0.25, 0.3) is 0 Å². The molecule has 0 aromatic carbocycles. The van der Waals surface area contributed by atoms with Crippen LogP contribution in [0.5, 0.6) is 0 Å². The van der Waals surface area contributed by atoms with E-state index in [9.17, 15) is 0 Å². The summed E-state index contributed by atoms with van der Waals surface area (Å²) in [6, 6.07) is 0. The molecule has 0 fully saturated rings. The third-order valence-electron chi connectivity index (χ3n) is 1.13. The molecule has 2 nitrogen and oxygen atoms in total. The first-order valence-corrected chi connectivity index (χ1v) is 2.45. The van der Waals surface area contributed by atoms with Crippen molar-refractivity contribution in [3.63, 3.8) is 0 Å². The van der Waals surface area contributed by atoms with Crippen LogP contribution in [0.4, 0.5) is 0 Å². The van der Waals surface area contributed by atoms with E-state index < -0.39 is 0 Å². The van der Waals surface area contributed by atoms with Crippen LogP contribution in [0.2, 0.25) is 0 Å². The minimum atomic E-state index is 0.588. The van der Waals surface area contributed by atoms with Gasteiger partial charge in [-0.3, -0.25) is 0 Å². The number of hydrogen-bond acceptors (Lipinski definition) is 1. The van der Waals surface area contributed by atoms with Gasteiger partial charge < -0.3 is 4.57 Å². The highest BCUT2D eigenvalue weighted by atomic mass is 15.0. The summed E-state index contributed by atoms with van der Waals surface area (Å²) in [5.41, 5.74) is 0.588. The van der Waals surface area contributed by atoms with Crippen molar-refractivity contribution < 1.29 is 0 Å². The average molecular weight is 108 g/mol. The Balaban J connectivity index is 3.14. The molecule has 1 aromatic rings. The number of hydrogen-bond donors (Lipinski definition) is 0. The predicted molar refractivity (Wildman–Crippen MR) is 31.3 cm³/mol. The van der Waals surface area contributed by atoms with Gasteiger partial charge in [-0.15, -0.1) is 0 Å². The van der Waals surface area contributed by atoms with Crippen molar-refractivity contribution in [3.05, 3.63) is 24.6 Å². The van der Waals surface area contributed by atoms with Crippen molar-refractivity contribution in [2.75, 3.05) is 0 Å². The Morgan fingerprint density at radius 3 is 2.50 bits per heavy atom. The minimum absolute atomic E-state index is 0.588. The smallest absolute Gasteiger partial charge is 0.105 e. The van der Waals surface area contributed by atoms with E-state index >= 15 is 0 Å². The second kappa shape index (κ2) is 1.62. The van der Waals surface area contributed by atoms with Gasteiger partial charge in [-0.1, -0.05) is 0 Å². The zero-order chi connectivity index (χ0) is 6.15. The van der Waals surface area contributed by atoms with Crippen molar-refractivity contribution in [2.24, 2.45) is 7.05 Å². The van der Waals surface area contributed by atoms with E-state index in [1.54, 1.807) is 6.20 Å². The van der Waals surface area contributed by atoms with Gasteiger partial charge in [-0.2, -0.15) is 0 Å². The molecule has 0 atom stereocenters. The van der Waals surface area contributed by atoms with E-state index in [0.717, 1.165) is 5.82 Å². The largest absolute Gasteiger partial charge is 0.338 e.